The van der Waals surface area contributed by atoms with Crippen molar-refractivity contribution in [2.75, 3.05) is 13.6 Å². The molecule has 4 heteroatoms. The Kier molecular flexibility index (Phi) is 6.03. The Balaban J connectivity index is 1.54. The molecule has 2 fully saturated rings. The van der Waals surface area contributed by atoms with Crippen LogP contribution in [-0.2, 0) is 4.74 Å². The van der Waals surface area contributed by atoms with Crippen molar-refractivity contribution in [3.63, 3.8) is 0 Å². The van der Waals surface area contributed by atoms with E-state index in [2.05, 4.69) is 14.0 Å². The van der Waals surface area contributed by atoms with E-state index in [0.717, 1.165) is 24.0 Å². The fourth-order valence-corrected chi connectivity index (χ4v) is 5.49. The lowest BCUT2D eigenvalue weighted by Gasteiger charge is -2.47. The van der Waals surface area contributed by atoms with Crippen LogP contribution in [-0.4, -0.2) is 36.3 Å². The Hall–Kier alpha value is -1.78. The van der Waals surface area contributed by atoms with Crippen LogP contribution < -0.4 is 0 Å². The Morgan fingerprint density at radius 3 is 1.83 bits per heavy atom. The van der Waals surface area contributed by atoms with Gasteiger partial charge in [0.2, 0.25) is 0 Å². The molecular weight excluding hydrogens is 368 g/mol. The number of ether oxygens (including phenoxy) is 1. The minimum absolute atomic E-state index is 0.181. The molecule has 2 aromatic carbocycles. The predicted molar refractivity (Wildman–Crippen MR) is 112 cm³/mol. The summed E-state index contributed by atoms with van der Waals surface area (Å²) in [6, 6.07) is 14.3. The first-order valence-electron chi connectivity index (χ1n) is 11.0. The zero-order chi connectivity index (χ0) is 20.4. The third-order valence-electron chi connectivity index (χ3n) is 7.24. The molecule has 0 saturated carbocycles. The highest BCUT2D eigenvalue weighted by Gasteiger charge is 2.51. The molecule has 2 atom stereocenters. The van der Waals surface area contributed by atoms with Crippen LogP contribution in [0.25, 0.3) is 0 Å². The van der Waals surface area contributed by atoms with E-state index >= 15 is 0 Å². The van der Waals surface area contributed by atoms with Gasteiger partial charge in [-0.3, -0.25) is 0 Å². The molecule has 2 unspecified atom stereocenters. The number of nitrogens with zero attached hydrogens (tertiary/aromatic N) is 1. The van der Waals surface area contributed by atoms with Crippen LogP contribution in [0.5, 0.6) is 0 Å². The summed E-state index contributed by atoms with van der Waals surface area (Å²) >= 11 is 0. The quantitative estimate of drug-likeness (QED) is 0.517. The molecule has 2 bridgehead atoms. The molecule has 29 heavy (non-hydrogen) atoms. The number of hydrogen-bond donors (Lipinski definition) is 0. The van der Waals surface area contributed by atoms with Crippen molar-refractivity contribution in [3.05, 3.63) is 71.3 Å². The maximum Gasteiger partial charge on any atom is 0.123 e. The molecule has 2 aromatic rings. The second kappa shape index (κ2) is 8.53. The van der Waals surface area contributed by atoms with E-state index in [9.17, 15) is 8.78 Å². The van der Waals surface area contributed by atoms with Gasteiger partial charge in [0.15, 0.2) is 0 Å². The Morgan fingerprint density at radius 1 is 0.897 bits per heavy atom. The third-order valence-corrected chi connectivity index (χ3v) is 7.24. The number of fused-ring (bicyclic) bond motifs is 2. The molecule has 0 amide bonds. The Bertz CT molecular complexity index is 745. The molecule has 4 rings (SSSR count). The van der Waals surface area contributed by atoms with Gasteiger partial charge in [-0.15, -0.1) is 0 Å². The monoisotopic (exact) mass is 400 g/mol. The van der Waals surface area contributed by atoms with Crippen LogP contribution in [0.15, 0.2) is 48.5 Å². The van der Waals surface area contributed by atoms with E-state index in [1.54, 1.807) is 24.3 Å². The highest BCUT2D eigenvalue weighted by Crippen LogP contribution is 2.44. The summed E-state index contributed by atoms with van der Waals surface area (Å²) in [7, 11) is 2.44. The van der Waals surface area contributed by atoms with Crippen molar-refractivity contribution in [1.82, 2.24) is 0 Å². The summed E-state index contributed by atoms with van der Waals surface area (Å²) in [6.45, 7) is 3.53. The maximum absolute atomic E-state index is 13.5. The minimum atomic E-state index is -0.298. The molecule has 2 saturated heterocycles. The van der Waals surface area contributed by atoms with Crippen molar-refractivity contribution >= 4 is 0 Å². The molecule has 2 aliphatic rings. The highest BCUT2D eigenvalue weighted by molar-refractivity contribution is 5.30. The van der Waals surface area contributed by atoms with Crippen LogP contribution in [0.1, 0.15) is 62.7 Å². The average molecular weight is 401 g/mol. The normalized spacial score (nSPS) is 28.8. The molecule has 0 N–H and O–H groups in total. The van der Waals surface area contributed by atoms with Gasteiger partial charge in [0.05, 0.1) is 31.8 Å². The van der Waals surface area contributed by atoms with Gasteiger partial charge in [0, 0.05) is 25.7 Å². The van der Waals surface area contributed by atoms with Crippen molar-refractivity contribution in [1.29, 1.82) is 0 Å². The van der Waals surface area contributed by atoms with Crippen LogP contribution in [0.2, 0.25) is 0 Å². The van der Waals surface area contributed by atoms with E-state index < -0.39 is 0 Å². The number of rotatable bonds is 7. The van der Waals surface area contributed by atoms with Gasteiger partial charge in [0.25, 0.3) is 0 Å². The van der Waals surface area contributed by atoms with E-state index in [4.69, 9.17) is 4.74 Å². The average Bonchev–Trinajstić information content (AvgIpc) is 2.89. The second-order valence-electron chi connectivity index (χ2n) is 9.02. The molecule has 2 nitrogen and oxygen atoms in total. The second-order valence-corrected chi connectivity index (χ2v) is 9.02. The van der Waals surface area contributed by atoms with Crippen molar-refractivity contribution in [2.24, 2.45) is 0 Å². The van der Waals surface area contributed by atoms with Gasteiger partial charge < -0.3 is 9.22 Å². The molecule has 0 aliphatic carbocycles. The van der Waals surface area contributed by atoms with Gasteiger partial charge >= 0.3 is 0 Å². The first-order chi connectivity index (χ1) is 14.0. The van der Waals surface area contributed by atoms with E-state index in [1.165, 1.54) is 61.0 Å². The largest absolute Gasteiger partial charge is 0.365 e. The van der Waals surface area contributed by atoms with Crippen molar-refractivity contribution < 1.29 is 18.0 Å². The van der Waals surface area contributed by atoms with E-state index in [1.807, 2.05) is 0 Å². The summed E-state index contributed by atoms with van der Waals surface area (Å²) in [5, 5.41) is 0. The highest BCUT2D eigenvalue weighted by atomic mass is 19.1. The molecule has 0 aromatic heterocycles. The van der Waals surface area contributed by atoms with Crippen molar-refractivity contribution in [3.8, 4) is 0 Å². The van der Waals surface area contributed by atoms with E-state index in [-0.39, 0.29) is 23.8 Å². The molecular formula is C25H32F2NO+. The molecule has 0 spiro atoms. The van der Waals surface area contributed by atoms with Gasteiger partial charge in [-0.2, -0.15) is 0 Å². The smallest absolute Gasteiger partial charge is 0.123 e. The first-order valence-corrected chi connectivity index (χ1v) is 11.0. The van der Waals surface area contributed by atoms with Crippen LogP contribution in [0.4, 0.5) is 8.78 Å². The van der Waals surface area contributed by atoms with Gasteiger partial charge in [-0.25, -0.2) is 8.78 Å². The lowest BCUT2D eigenvalue weighted by Crippen LogP contribution is -2.59. The zero-order valence-corrected chi connectivity index (χ0v) is 17.5. The SMILES string of the molecule is CCCC[N+]1(C)C2CCC1CC(OC(c1ccc(F)cc1)c1ccc(F)cc1)C2. The first kappa shape index (κ1) is 20.5. The fourth-order valence-electron chi connectivity index (χ4n) is 5.49. The van der Waals surface area contributed by atoms with Crippen LogP contribution >= 0.6 is 0 Å². The number of halogens is 2. The topological polar surface area (TPSA) is 9.23 Å². The summed E-state index contributed by atoms with van der Waals surface area (Å²) in [4.78, 5) is 0. The molecule has 156 valence electrons. The summed E-state index contributed by atoms with van der Waals surface area (Å²) in [5.74, 6) is -0.516. The molecule has 2 aliphatic heterocycles. The van der Waals surface area contributed by atoms with Crippen molar-refractivity contribution in [2.45, 2.75) is 69.7 Å². The Morgan fingerprint density at radius 2 is 1.38 bits per heavy atom. The number of hydrogen-bond acceptors (Lipinski definition) is 1. The molecule has 0 radical (unpaired) electrons. The van der Waals surface area contributed by atoms with Gasteiger partial charge in [-0.1, -0.05) is 37.6 Å². The number of benzene rings is 2. The number of unbranched alkanes of at least 4 members (excludes halogenated alkanes) is 1. The number of quaternary nitrogens is 1. The predicted octanol–water partition coefficient (Wildman–Crippen LogP) is 6.01. The summed E-state index contributed by atoms with van der Waals surface area (Å²) < 4.78 is 34.8. The summed E-state index contributed by atoms with van der Waals surface area (Å²) in [6.07, 6.45) is 7.09. The fraction of sp³-hybridized carbons (Fsp3) is 0.520. The van der Waals surface area contributed by atoms with Gasteiger partial charge in [0.1, 0.15) is 17.7 Å². The Labute approximate surface area is 173 Å². The van der Waals surface area contributed by atoms with Crippen LogP contribution in [0, 0.1) is 11.6 Å². The van der Waals surface area contributed by atoms with E-state index in [0.29, 0.717) is 12.1 Å². The lowest BCUT2D eigenvalue weighted by atomic mass is 9.94. The maximum atomic E-state index is 13.5. The lowest BCUT2D eigenvalue weighted by molar-refractivity contribution is -0.949. The zero-order valence-electron chi connectivity index (χ0n) is 17.5. The van der Waals surface area contributed by atoms with Crippen LogP contribution in [0.3, 0.4) is 0 Å². The standard InChI is InChI=1S/C25H32F2NO/c1-3-4-15-28(2)22-13-14-23(28)17-24(16-22)29-25(18-5-9-20(26)10-6-18)19-7-11-21(27)12-8-19/h5-12,22-25H,3-4,13-17H2,1-2H3/q+1. The third kappa shape index (κ3) is 4.24. The molecule has 2 heterocycles. The summed E-state index contributed by atoms with van der Waals surface area (Å²) in [5.41, 5.74) is 1.83. The van der Waals surface area contributed by atoms with Gasteiger partial charge in [-0.05, 0) is 41.8 Å². The number of piperidine rings is 1. The minimum Gasteiger partial charge on any atom is -0.365 e.